The summed E-state index contributed by atoms with van der Waals surface area (Å²) in [5.41, 5.74) is 4.55. The summed E-state index contributed by atoms with van der Waals surface area (Å²) in [5.74, 6) is 1.57. The molecule has 0 aromatic heterocycles. The molecule has 0 unspecified atom stereocenters. The minimum absolute atomic E-state index is 0.166. The van der Waals surface area contributed by atoms with Crippen molar-refractivity contribution in [1.82, 2.24) is 0 Å². The molecule has 2 N–H and O–H groups in total. The van der Waals surface area contributed by atoms with Crippen LogP contribution in [-0.2, 0) is 16.6 Å². The fourth-order valence-electron chi connectivity index (χ4n) is 10.8. The predicted octanol–water partition coefficient (Wildman–Crippen LogP) is 9.87. The maximum Gasteiger partial charge on any atom is 0.307 e. The molecule has 2 bridgehead atoms. The number of carboxylic acid groups (broad SMARTS) is 1. The lowest BCUT2D eigenvalue weighted by Crippen LogP contribution is -2.53. The molecule has 3 aromatic rings. The van der Waals surface area contributed by atoms with E-state index in [2.05, 4.69) is 103 Å². The molecule has 1 spiro atoms. The van der Waals surface area contributed by atoms with Gasteiger partial charge in [-0.1, -0.05) is 129 Å². The number of allylic oxidation sites excluding steroid dienone is 5. The van der Waals surface area contributed by atoms with Gasteiger partial charge in [-0.3, -0.25) is 4.79 Å². The molecule has 8 rings (SSSR count). The first-order valence-electron chi connectivity index (χ1n) is 19.9. The lowest BCUT2D eigenvalue weighted by atomic mass is 9.49. The molecule has 5 aliphatic rings. The first-order chi connectivity index (χ1) is 25.0. The van der Waals surface area contributed by atoms with Crippen LogP contribution in [0.1, 0.15) is 105 Å². The van der Waals surface area contributed by atoms with E-state index in [1.54, 1.807) is 0 Å². The Balaban J connectivity index is 1.13. The van der Waals surface area contributed by atoms with E-state index in [-0.39, 0.29) is 5.92 Å². The van der Waals surface area contributed by atoms with Crippen molar-refractivity contribution in [2.45, 2.75) is 94.8 Å². The molecule has 0 amide bonds. The number of rotatable bonds is 9. The Morgan fingerprint density at radius 2 is 1.57 bits per heavy atom. The largest absolute Gasteiger partial charge is 0.508 e. The summed E-state index contributed by atoms with van der Waals surface area (Å²) in [6, 6.07) is 23.6. The van der Waals surface area contributed by atoms with Crippen molar-refractivity contribution in [3.05, 3.63) is 130 Å². The van der Waals surface area contributed by atoms with Crippen LogP contribution in [0.2, 0.25) is 0 Å². The maximum absolute atomic E-state index is 13.5. The van der Waals surface area contributed by atoms with Crippen molar-refractivity contribution in [3.63, 3.8) is 0 Å². The highest BCUT2D eigenvalue weighted by Gasteiger charge is 2.55. The van der Waals surface area contributed by atoms with Gasteiger partial charge in [0.15, 0.2) is 0 Å². The Kier molecular flexibility index (Phi) is 9.91. The highest BCUT2D eigenvalue weighted by Crippen LogP contribution is 2.58. The van der Waals surface area contributed by atoms with Crippen molar-refractivity contribution in [2.24, 2.45) is 35.5 Å². The summed E-state index contributed by atoms with van der Waals surface area (Å²) in [5, 5.41) is 23.9. The van der Waals surface area contributed by atoms with Gasteiger partial charge in [-0.2, -0.15) is 0 Å². The number of carbonyl (C=O) groups is 1. The average molecular weight is 679 g/mol. The third-order valence-corrected chi connectivity index (χ3v) is 13.5. The number of unbranched alkanes of at least 4 members (excludes halogenated alkanes) is 3. The number of phenolic OH excluding ortho intramolecular Hbond substituents is 1. The van der Waals surface area contributed by atoms with Crippen LogP contribution >= 0.6 is 0 Å². The zero-order chi connectivity index (χ0) is 34.8. The van der Waals surface area contributed by atoms with Gasteiger partial charge in [0.1, 0.15) is 5.75 Å². The maximum atomic E-state index is 13.5. The molecular formula is C48H54O3. The Bertz CT molecular complexity index is 1930. The second-order valence-corrected chi connectivity index (χ2v) is 16.4. The summed E-state index contributed by atoms with van der Waals surface area (Å²) in [4.78, 5) is 13.5. The molecule has 0 radical (unpaired) electrons. The van der Waals surface area contributed by atoms with E-state index in [0.717, 1.165) is 38.0 Å². The van der Waals surface area contributed by atoms with Crippen LogP contribution in [0.4, 0.5) is 0 Å². The predicted molar refractivity (Wildman–Crippen MR) is 209 cm³/mol. The molecule has 3 aromatic carbocycles. The summed E-state index contributed by atoms with van der Waals surface area (Å²) in [7, 11) is 0. The molecule has 51 heavy (non-hydrogen) atoms. The summed E-state index contributed by atoms with van der Waals surface area (Å²) >= 11 is 0. The summed E-state index contributed by atoms with van der Waals surface area (Å²) < 4.78 is 0. The van der Waals surface area contributed by atoms with Gasteiger partial charge in [0, 0.05) is 5.41 Å². The average Bonchev–Trinajstić information content (AvgIpc) is 3.66. The topological polar surface area (TPSA) is 57.5 Å². The van der Waals surface area contributed by atoms with Crippen LogP contribution < -0.4 is 10.4 Å². The minimum Gasteiger partial charge on any atom is -0.508 e. The Morgan fingerprint density at radius 1 is 0.804 bits per heavy atom. The summed E-state index contributed by atoms with van der Waals surface area (Å²) in [6.45, 7) is 0. The Labute approximate surface area is 304 Å². The van der Waals surface area contributed by atoms with Gasteiger partial charge in [0.2, 0.25) is 0 Å². The van der Waals surface area contributed by atoms with Crippen LogP contribution in [-0.4, -0.2) is 16.2 Å². The van der Waals surface area contributed by atoms with Gasteiger partial charge >= 0.3 is 5.97 Å². The highest BCUT2D eigenvalue weighted by molar-refractivity contribution is 5.76. The third kappa shape index (κ3) is 6.94. The number of hydrogen-bond acceptors (Lipinski definition) is 2. The monoisotopic (exact) mass is 678 g/mol. The number of hydrogen-bond donors (Lipinski definition) is 2. The molecule has 264 valence electrons. The molecule has 0 aliphatic heterocycles. The third-order valence-electron chi connectivity index (χ3n) is 13.5. The van der Waals surface area contributed by atoms with Crippen molar-refractivity contribution in [1.29, 1.82) is 0 Å². The fraction of sp³-hybridized carbons (Fsp3) is 0.438. The normalized spacial score (nSPS) is 30.5. The Hall–Kier alpha value is -4.11. The second-order valence-electron chi connectivity index (χ2n) is 16.4. The van der Waals surface area contributed by atoms with Crippen molar-refractivity contribution in [3.8, 4) is 5.75 Å². The number of benzene rings is 3. The minimum atomic E-state index is -0.668. The molecule has 3 heteroatoms. The number of phenols is 1. The number of aromatic hydroxyl groups is 1. The van der Waals surface area contributed by atoms with E-state index in [9.17, 15) is 15.0 Å². The fourth-order valence-corrected chi connectivity index (χ4v) is 10.8. The van der Waals surface area contributed by atoms with Crippen molar-refractivity contribution in [2.75, 3.05) is 0 Å². The van der Waals surface area contributed by atoms with Crippen molar-refractivity contribution < 1.29 is 15.0 Å². The molecule has 3 nitrogen and oxygen atoms in total. The van der Waals surface area contributed by atoms with Crippen LogP contribution in [0, 0.1) is 35.5 Å². The zero-order valence-corrected chi connectivity index (χ0v) is 30.0. The second kappa shape index (κ2) is 14.9. The van der Waals surface area contributed by atoms with Crippen LogP contribution in [0.5, 0.6) is 5.75 Å². The van der Waals surface area contributed by atoms with Crippen molar-refractivity contribution >= 4 is 24.2 Å². The van der Waals surface area contributed by atoms with Gasteiger partial charge in [0.05, 0.1) is 5.92 Å². The molecule has 0 heterocycles. The van der Waals surface area contributed by atoms with E-state index >= 15 is 0 Å². The summed E-state index contributed by atoms with van der Waals surface area (Å²) in [6.07, 6.45) is 33.2. The first kappa shape index (κ1) is 34.0. The standard InChI is InChI=1S/C48H54O3/c49-43-25-22-36(23-26-43)44-27-34-19-20-37-21-24-42-31-40-29-38-16-7-8-17-39(38)30-41(40)32-48(42,46(37)28-34)45(47(50)51)18-10-9-15-35(44)14-4-2-1-3-11-33-12-5-6-13-33/h5,7-10,12,16-17,19-26,28-30,33,35,40-42,44-45,49H,1-4,6,11,13-15,18,27,31-32H2,(H,50,51)/t33-,35+,40+,41+,42-,44+,45-,48+/m0/s1. The van der Waals surface area contributed by atoms with Gasteiger partial charge in [-0.05, 0) is 138 Å². The molecule has 1 fully saturated rings. The molecular weight excluding hydrogens is 625 g/mol. The van der Waals surface area contributed by atoms with Gasteiger partial charge in [0.25, 0.3) is 0 Å². The van der Waals surface area contributed by atoms with Crippen LogP contribution in [0.15, 0.2) is 97.1 Å². The smallest absolute Gasteiger partial charge is 0.307 e. The lowest BCUT2D eigenvalue weighted by molar-refractivity contribution is -0.146. The van der Waals surface area contributed by atoms with E-state index in [1.165, 1.54) is 77.6 Å². The molecule has 8 atom stereocenters. The first-order valence-corrected chi connectivity index (χ1v) is 19.9. The molecule has 0 saturated heterocycles. The van der Waals surface area contributed by atoms with E-state index in [4.69, 9.17) is 0 Å². The zero-order valence-electron chi connectivity index (χ0n) is 30.0. The quantitative estimate of drug-likeness (QED) is 0.175. The van der Waals surface area contributed by atoms with E-state index in [0.29, 0.717) is 35.8 Å². The number of aliphatic carboxylic acids is 1. The van der Waals surface area contributed by atoms with Gasteiger partial charge in [-0.15, -0.1) is 0 Å². The number of fused-ring (bicyclic) bond motifs is 3. The molecule has 5 aliphatic carbocycles. The van der Waals surface area contributed by atoms with E-state index in [1.807, 2.05) is 12.1 Å². The lowest BCUT2D eigenvalue weighted by Gasteiger charge is -2.54. The number of carboxylic acids is 1. The van der Waals surface area contributed by atoms with Gasteiger partial charge in [-0.25, -0.2) is 0 Å². The molecule has 1 saturated carbocycles. The Morgan fingerprint density at radius 3 is 2.33 bits per heavy atom. The van der Waals surface area contributed by atoms with E-state index < -0.39 is 17.3 Å². The highest BCUT2D eigenvalue weighted by atomic mass is 16.4. The van der Waals surface area contributed by atoms with Crippen LogP contribution in [0.3, 0.4) is 0 Å². The SMILES string of the molecule is O=C(O)[C@@H]1CC=CC[C@@H](CCCCCC[C@H]2C=CCC2)[C@H](c2ccc(O)cc2)Cc2ccc3c(c2)[C@@]12C[C@H]1C=c4ccccc4=C[C@@H]1C[C@@H]2C=C3. The van der Waals surface area contributed by atoms with Crippen LogP contribution in [0.25, 0.3) is 18.2 Å². The van der Waals surface area contributed by atoms with Gasteiger partial charge < -0.3 is 10.2 Å².